The molecule has 3 heterocycles. The molecule has 0 radical (unpaired) electrons. The Hall–Kier alpha value is -0.870. The zero-order valence-electron chi connectivity index (χ0n) is 8.43. The summed E-state index contributed by atoms with van der Waals surface area (Å²) in [6.45, 7) is 0.699. The van der Waals surface area contributed by atoms with E-state index in [0.717, 1.165) is 19.3 Å². The van der Waals surface area contributed by atoms with Crippen LogP contribution >= 0.6 is 0 Å². The molecule has 0 aliphatic carbocycles. The number of carbonyl (C=O) groups excluding carboxylic acids is 1. The smallest absolute Gasteiger partial charge is 0.314 e. The third-order valence-corrected chi connectivity index (χ3v) is 3.17. The van der Waals surface area contributed by atoms with Crippen LogP contribution in [0.25, 0.3) is 0 Å². The van der Waals surface area contributed by atoms with E-state index in [0.29, 0.717) is 6.61 Å². The lowest BCUT2D eigenvalue weighted by Gasteiger charge is -2.17. The third-order valence-electron chi connectivity index (χ3n) is 3.17. The first-order chi connectivity index (χ1) is 7.33. The molecule has 4 heteroatoms. The summed E-state index contributed by atoms with van der Waals surface area (Å²) in [5.74, 6) is -0.289. The molecular weight excluding hydrogens is 196 g/mol. The Balaban J connectivity index is 1.58. The van der Waals surface area contributed by atoms with Crippen LogP contribution in [-0.2, 0) is 19.0 Å². The van der Waals surface area contributed by atoms with Crippen LogP contribution in [0.1, 0.15) is 19.3 Å². The van der Waals surface area contributed by atoms with E-state index < -0.39 is 0 Å². The molecule has 15 heavy (non-hydrogen) atoms. The lowest BCUT2D eigenvalue weighted by Crippen LogP contribution is -2.28. The number of rotatable bonds is 2. The quantitative estimate of drug-likeness (QED) is 0.504. The highest BCUT2D eigenvalue weighted by atomic mass is 16.7. The summed E-state index contributed by atoms with van der Waals surface area (Å²) in [7, 11) is 0. The van der Waals surface area contributed by atoms with Gasteiger partial charge >= 0.3 is 5.97 Å². The van der Waals surface area contributed by atoms with E-state index in [1.807, 2.05) is 12.2 Å². The van der Waals surface area contributed by atoms with Crippen molar-refractivity contribution in [2.75, 3.05) is 6.61 Å². The zero-order valence-corrected chi connectivity index (χ0v) is 8.43. The van der Waals surface area contributed by atoms with Crippen LogP contribution in [0.15, 0.2) is 12.2 Å². The monoisotopic (exact) mass is 210 g/mol. The van der Waals surface area contributed by atoms with Crippen molar-refractivity contribution in [3.05, 3.63) is 12.2 Å². The van der Waals surface area contributed by atoms with Crippen molar-refractivity contribution in [2.24, 2.45) is 5.92 Å². The van der Waals surface area contributed by atoms with Gasteiger partial charge in [-0.1, -0.05) is 12.2 Å². The maximum absolute atomic E-state index is 11.8. The van der Waals surface area contributed by atoms with Gasteiger partial charge in [-0.05, 0) is 12.8 Å². The molecule has 0 aromatic carbocycles. The van der Waals surface area contributed by atoms with Crippen LogP contribution in [0, 0.1) is 5.92 Å². The summed E-state index contributed by atoms with van der Waals surface area (Å²) in [5.41, 5.74) is 0. The Labute approximate surface area is 88.2 Å². The summed E-state index contributed by atoms with van der Waals surface area (Å²) < 4.78 is 16.1. The minimum absolute atomic E-state index is 0.0658. The van der Waals surface area contributed by atoms with Gasteiger partial charge in [-0.25, -0.2) is 0 Å². The fourth-order valence-corrected chi connectivity index (χ4v) is 2.36. The molecule has 0 aromatic heterocycles. The van der Waals surface area contributed by atoms with Gasteiger partial charge in [0.1, 0.15) is 0 Å². The average Bonchev–Trinajstić information content (AvgIpc) is 2.93. The molecule has 0 aromatic rings. The molecular formula is C11H14O4. The molecule has 0 amide bonds. The Kier molecular flexibility index (Phi) is 2.25. The van der Waals surface area contributed by atoms with Crippen molar-refractivity contribution in [3.63, 3.8) is 0 Å². The molecule has 3 rings (SSSR count). The SMILES string of the molecule is O=C(OC1CCCO1)C1CC2C=CC1O2. The van der Waals surface area contributed by atoms with Crippen molar-refractivity contribution >= 4 is 5.97 Å². The fourth-order valence-electron chi connectivity index (χ4n) is 2.36. The number of ether oxygens (including phenoxy) is 3. The second-order valence-electron chi connectivity index (χ2n) is 4.25. The van der Waals surface area contributed by atoms with E-state index >= 15 is 0 Å². The van der Waals surface area contributed by atoms with Crippen molar-refractivity contribution < 1.29 is 19.0 Å². The standard InChI is InChI=1S/C11H14O4/c12-11(15-10-2-1-5-13-10)8-6-7-3-4-9(8)14-7/h3-4,7-10H,1-2,5-6H2. The molecule has 4 unspecified atom stereocenters. The van der Waals surface area contributed by atoms with E-state index in [1.165, 1.54) is 0 Å². The molecule has 4 atom stereocenters. The number of carbonyl (C=O) groups is 1. The Bertz CT molecular complexity index is 293. The maximum atomic E-state index is 11.8. The van der Waals surface area contributed by atoms with E-state index in [9.17, 15) is 4.79 Å². The van der Waals surface area contributed by atoms with Gasteiger partial charge in [0.15, 0.2) is 0 Å². The van der Waals surface area contributed by atoms with E-state index in [2.05, 4.69) is 0 Å². The van der Waals surface area contributed by atoms with Crippen LogP contribution in [0.2, 0.25) is 0 Å². The third kappa shape index (κ3) is 1.68. The minimum atomic E-state index is -0.319. The van der Waals surface area contributed by atoms with Gasteiger partial charge in [0.25, 0.3) is 0 Å². The van der Waals surface area contributed by atoms with Gasteiger partial charge in [-0.2, -0.15) is 0 Å². The normalized spacial score (nSPS) is 42.4. The maximum Gasteiger partial charge on any atom is 0.314 e. The highest BCUT2D eigenvalue weighted by Gasteiger charge is 2.42. The molecule has 3 aliphatic rings. The Morgan fingerprint density at radius 3 is 2.93 bits per heavy atom. The lowest BCUT2D eigenvalue weighted by molar-refractivity contribution is -0.175. The number of hydrogen-bond donors (Lipinski definition) is 0. The van der Waals surface area contributed by atoms with Crippen LogP contribution in [0.5, 0.6) is 0 Å². The summed E-state index contributed by atoms with van der Waals surface area (Å²) in [6.07, 6.45) is 6.26. The van der Waals surface area contributed by atoms with E-state index in [1.54, 1.807) is 0 Å². The van der Waals surface area contributed by atoms with Gasteiger partial charge in [-0.15, -0.1) is 0 Å². The number of hydrogen-bond acceptors (Lipinski definition) is 4. The van der Waals surface area contributed by atoms with Gasteiger partial charge in [0.2, 0.25) is 6.29 Å². The van der Waals surface area contributed by atoms with Gasteiger partial charge in [-0.3, -0.25) is 4.79 Å². The van der Waals surface area contributed by atoms with Gasteiger partial charge < -0.3 is 14.2 Å². The predicted molar refractivity (Wildman–Crippen MR) is 51.0 cm³/mol. The van der Waals surface area contributed by atoms with Crippen LogP contribution in [0.4, 0.5) is 0 Å². The highest BCUT2D eigenvalue weighted by molar-refractivity contribution is 5.74. The molecule has 2 fully saturated rings. The second-order valence-corrected chi connectivity index (χ2v) is 4.25. The lowest BCUT2D eigenvalue weighted by atomic mass is 9.95. The summed E-state index contributed by atoms with van der Waals surface area (Å²) in [5, 5.41) is 0. The predicted octanol–water partition coefficient (Wildman–Crippen LogP) is 1.01. The number of esters is 1. The first-order valence-corrected chi connectivity index (χ1v) is 5.49. The van der Waals surface area contributed by atoms with E-state index in [-0.39, 0.29) is 30.4 Å². The topological polar surface area (TPSA) is 44.8 Å². The van der Waals surface area contributed by atoms with Crippen molar-refractivity contribution in [1.29, 1.82) is 0 Å². The van der Waals surface area contributed by atoms with Crippen LogP contribution in [0.3, 0.4) is 0 Å². The van der Waals surface area contributed by atoms with Crippen LogP contribution in [-0.4, -0.2) is 31.1 Å². The second kappa shape index (κ2) is 3.61. The molecule has 82 valence electrons. The largest absolute Gasteiger partial charge is 0.435 e. The molecule has 3 aliphatic heterocycles. The zero-order chi connectivity index (χ0) is 10.3. The van der Waals surface area contributed by atoms with E-state index in [4.69, 9.17) is 14.2 Å². The highest BCUT2D eigenvalue weighted by Crippen LogP contribution is 2.34. The summed E-state index contributed by atoms with van der Waals surface area (Å²) in [4.78, 5) is 11.8. The first-order valence-electron chi connectivity index (χ1n) is 5.49. The molecule has 0 saturated carbocycles. The molecule has 2 bridgehead atoms. The van der Waals surface area contributed by atoms with Crippen molar-refractivity contribution in [2.45, 2.75) is 37.8 Å². The first kappa shape index (κ1) is 9.36. The summed E-state index contributed by atoms with van der Waals surface area (Å²) >= 11 is 0. The minimum Gasteiger partial charge on any atom is -0.435 e. The fraction of sp³-hybridized carbons (Fsp3) is 0.727. The summed E-state index contributed by atoms with van der Waals surface area (Å²) in [6, 6.07) is 0. The van der Waals surface area contributed by atoms with Gasteiger partial charge in [0.05, 0.1) is 24.7 Å². The molecule has 0 N–H and O–H groups in total. The van der Waals surface area contributed by atoms with Crippen molar-refractivity contribution in [1.82, 2.24) is 0 Å². The average molecular weight is 210 g/mol. The van der Waals surface area contributed by atoms with Gasteiger partial charge in [0, 0.05) is 6.42 Å². The number of fused-ring (bicyclic) bond motifs is 2. The van der Waals surface area contributed by atoms with Crippen molar-refractivity contribution in [3.8, 4) is 0 Å². The Morgan fingerprint density at radius 2 is 2.33 bits per heavy atom. The van der Waals surface area contributed by atoms with Crippen LogP contribution < -0.4 is 0 Å². The Morgan fingerprint density at radius 1 is 1.40 bits per heavy atom. The molecule has 0 spiro atoms. The molecule has 2 saturated heterocycles. The molecule has 4 nitrogen and oxygen atoms in total.